The summed E-state index contributed by atoms with van der Waals surface area (Å²) in [6.45, 7) is 3.82. The van der Waals surface area contributed by atoms with Gasteiger partial charge in [-0.05, 0) is 31.1 Å². The number of rotatable bonds is 8. The molecule has 1 unspecified atom stereocenters. The van der Waals surface area contributed by atoms with Crippen molar-refractivity contribution in [2.45, 2.75) is 36.6 Å². The number of nitrogens with one attached hydrogen (secondary N) is 3. The second kappa shape index (κ2) is 11.9. The van der Waals surface area contributed by atoms with E-state index in [1.165, 1.54) is 11.3 Å². The molecule has 0 aliphatic heterocycles. The number of amides is 1. The number of alkyl halides is 3. The van der Waals surface area contributed by atoms with Crippen LogP contribution in [0.2, 0.25) is 0 Å². The monoisotopic (exact) mass is 521 g/mol. The number of hydrogen-bond acceptors (Lipinski definition) is 5. The van der Waals surface area contributed by atoms with Crippen molar-refractivity contribution in [1.29, 1.82) is 0 Å². The molecule has 1 atom stereocenters. The summed E-state index contributed by atoms with van der Waals surface area (Å²) in [6, 6.07) is 9.44. The first-order valence-corrected chi connectivity index (χ1v) is 11.9. The number of thiocarbonyl (C=S) groups is 1. The SMILES string of the molecule is CCCC(=O)NC(NC(=S)Nc1scc(-c2ccccc2)c1C(=O)OCC)C(Cl)(Cl)Cl. The third-order valence-corrected chi connectivity index (χ3v) is 5.74. The number of anilines is 1. The topological polar surface area (TPSA) is 79.5 Å². The smallest absolute Gasteiger partial charge is 0.341 e. The molecule has 0 radical (unpaired) electrons. The first-order valence-electron chi connectivity index (χ1n) is 9.45. The molecule has 1 aromatic heterocycles. The lowest BCUT2D eigenvalue weighted by atomic mass is 10.0. The molecule has 0 saturated carbocycles. The van der Waals surface area contributed by atoms with E-state index in [2.05, 4.69) is 16.0 Å². The first-order chi connectivity index (χ1) is 14.7. The van der Waals surface area contributed by atoms with Gasteiger partial charge in [-0.25, -0.2) is 4.79 Å². The van der Waals surface area contributed by atoms with Crippen LogP contribution in [0.4, 0.5) is 5.00 Å². The Bertz CT molecular complexity index is 917. The molecule has 11 heteroatoms. The molecule has 1 aromatic carbocycles. The molecule has 1 amide bonds. The van der Waals surface area contributed by atoms with Gasteiger partial charge in [-0.15, -0.1) is 11.3 Å². The first kappa shape index (κ1) is 25.7. The van der Waals surface area contributed by atoms with E-state index < -0.39 is 15.9 Å². The van der Waals surface area contributed by atoms with Gasteiger partial charge >= 0.3 is 5.97 Å². The van der Waals surface area contributed by atoms with Gasteiger partial charge in [-0.2, -0.15) is 0 Å². The van der Waals surface area contributed by atoms with Crippen molar-refractivity contribution in [2.24, 2.45) is 0 Å². The molecule has 0 bridgehead atoms. The highest BCUT2D eigenvalue weighted by Gasteiger charge is 2.34. The number of esters is 1. The lowest BCUT2D eigenvalue weighted by Crippen LogP contribution is -2.56. The van der Waals surface area contributed by atoms with Crippen molar-refractivity contribution in [1.82, 2.24) is 10.6 Å². The number of thiophene rings is 1. The average molecular weight is 523 g/mol. The molecular weight excluding hydrogens is 501 g/mol. The fourth-order valence-corrected chi connectivity index (χ4v) is 4.19. The summed E-state index contributed by atoms with van der Waals surface area (Å²) >= 11 is 24.6. The molecule has 3 N–H and O–H groups in total. The van der Waals surface area contributed by atoms with Crippen LogP contribution in [0.25, 0.3) is 11.1 Å². The van der Waals surface area contributed by atoms with Gasteiger partial charge in [-0.1, -0.05) is 72.1 Å². The summed E-state index contributed by atoms with van der Waals surface area (Å²) in [5, 5.41) is 10.7. The summed E-state index contributed by atoms with van der Waals surface area (Å²) in [4.78, 5) is 24.6. The van der Waals surface area contributed by atoms with Gasteiger partial charge in [0.15, 0.2) is 5.11 Å². The van der Waals surface area contributed by atoms with E-state index in [1.807, 2.05) is 42.6 Å². The van der Waals surface area contributed by atoms with E-state index in [9.17, 15) is 9.59 Å². The van der Waals surface area contributed by atoms with Crippen molar-refractivity contribution in [3.63, 3.8) is 0 Å². The highest BCUT2D eigenvalue weighted by Crippen LogP contribution is 2.36. The van der Waals surface area contributed by atoms with Crippen molar-refractivity contribution < 1.29 is 14.3 Å². The van der Waals surface area contributed by atoms with E-state index in [4.69, 9.17) is 51.8 Å². The Morgan fingerprint density at radius 1 is 1.16 bits per heavy atom. The Hall–Kier alpha value is -1.58. The minimum absolute atomic E-state index is 0.0696. The van der Waals surface area contributed by atoms with Crippen LogP contribution in [0.1, 0.15) is 37.0 Å². The maximum Gasteiger partial charge on any atom is 0.341 e. The molecule has 0 fully saturated rings. The quantitative estimate of drug-likeness (QED) is 0.184. The number of hydrogen-bond donors (Lipinski definition) is 3. The number of benzene rings is 1. The lowest BCUT2D eigenvalue weighted by molar-refractivity contribution is -0.121. The van der Waals surface area contributed by atoms with E-state index in [-0.39, 0.29) is 24.0 Å². The van der Waals surface area contributed by atoms with Crippen LogP contribution in [0.5, 0.6) is 0 Å². The Morgan fingerprint density at radius 3 is 2.42 bits per heavy atom. The van der Waals surface area contributed by atoms with Crippen LogP contribution >= 0.6 is 58.4 Å². The Balaban J connectivity index is 2.26. The van der Waals surface area contributed by atoms with Gasteiger partial charge < -0.3 is 20.7 Å². The normalized spacial score (nSPS) is 12.0. The Morgan fingerprint density at radius 2 is 1.84 bits per heavy atom. The second-order valence-corrected chi connectivity index (χ2v) is 9.99. The van der Waals surface area contributed by atoms with Gasteiger partial charge in [0, 0.05) is 17.4 Å². The zero-order valence-electron chi connectivity index (χ0n) is 16.8. The lowest BCUT2D eigenvalue weighted by Gasteiger charge is -2.27. The maximum absolute atomic E-state index is 12.7. The standard InChI is InChI=1S/C20H22Cl3N3O3S2/c1-3-8-14(27)24-18(20(21,22)23)26-19(30)25-16-15(17(28)29-4-2)13(11-31-16)12-9-6-5-7-10-12/h5-7,9-11,18H,3-4,8H2,1-2H3,(H,24,27)(H2,25,26,30). The summed E-state index contributed by atoms with van der Waals surface area (Å²) in [7, 11) is 0. The molecule has 31 heavy (non-hydrogen) atoms. The van der Waals surface area contributed by atoms with E-state index >= 15 is 0 Å². The van der Waals surface area contributed by atoms with Gasteiger partial charge in [0.25, 0.3) is 0 Å². The second-order valence-electron chi connectivity index (χ2n) is 6.33. The van der Waals surface area contributed by atoms with E-state index in [0.29, 0.717) is 22.5 Å². The zero-order valence-corrected chi connectivity index (χ0v) is 20.7. The van der Waals surface area contributed by atoms with Crippen LogP contribution in [-0.4, -0.2) is 33.6 Å². The Labute approximate surface area is 205 Å². The minimum atomic E-state index is -1.86. The van der Waals surface area contributed by atoms with Crippen molar-refractivity contribution >= 4 is 80.3 Å². The fraction of sp³-hybridized carbons (Fsp3) is 0.350. The molecule has 0 saturated heterocycles. The molecule has 0 aliphatic carbocycles. The third kappa shape index (κ3) is 7.50. The predicted octanol–water partition coefficient (Wildman–Crippen LogP) is 5.49. The number of ether oxygens (including phenoxy) is 1. The number of carbonyl (C=O) groups is 2. The van der Waals surface area contributed by atoms with Crippen molar-refractivity contribution in [2.75, 3.05) is 11.9 Å². The van der Waals surface area contributed by atoms with Crippen LogP contribution < -0.4 is 16.0 Å². The number of carbonyl (C=O) groups excluding carboxylic acids is 2. The summed E-state index contributed by atoms with van der Waals surface area (Å²) in [5.74, 6) is -0.772. The minimum Gasteiger partial charge on any atom is -0.462 e. The largest absolute Gasteiger partial charge is 0.462 e. The third-order valence-electron chi connectivity index (χ3n) is 3.97. The van der Waals surface area contributed by atoms with Crippen LogP contribution in [0, 0.1) is 0 Å². The van der Waals surface area contributed by atoms with Crippen LogP contribution in [-0.2, 0) is 9.53 Å². The maximum atomic E-state index is 12.7. The van der Waals surface area contributed by atoms with Crippen molar-refractivity contribution in [3.8, 4) is 11.1 Å². The summed E-state index contributed by atoms with van der Waals surface area (Å²) < 4.78 is 3.37. The average Bonchev–Trinajstić information content (AvgIpc) is 3.11. The summed E-state index contributed by atoms with van der Waals surface area (Å²) in [6.07, 6.45) is -0.157. The molecule has 0 spiro atoms. The van der Waals surface area contributed by atoms with Crippen LogP contribution in [0.3, 0.4) is 0 Å². The van der Waals surface area contributed by atoms with Gasteiger partial charge in [-0.3, -0.25) is 4.79 Å². The Kier molecular flexibility index (Phi) is 9.84. The highest BCUT2D eigenvalue weighted by molar-refractivity contribution is 7.80. The molecule has 1 heterocycles. The molecule has 6 nitrogen and oxygen atoms in total. The highest BCUT2D eigenvalue weighted by atomic mass is 35.6. The van der Waals surface area contributed by atoms with Gasteiger partial charge in [0.2, 0.25) is 9.70 Å². The zero-order chi connectivity index (χ0) is 23.0. The van der Waals surface area contributed by atoms with E-state index in [0.717, 1.165) is 5.56 Å². The van der Waals surface area contributed by atoms with Crippen molar-refractivity contribution in [3.05, 3.63) is 41.3 Å². The predicted molar refractivity (Wildman–Crippen MR) is 132 cm³/mol. The molecular formula is C20H22Cl3N3O3S2. The molecule has 2 aromatic rings. The molecule has 2 rings (SSSR count). The van der Waals surface area contributed by atoms with E-state index in [1.54, 1.807) is 6.92 Å². The molecule has 168 valence electrons. The molecule has 0 aliphatic rings. The van der Waals surface area contributed by atoms with Gasteiger partial charge in [0.1, 0.15) is 16.7 Å². The van der Waals surface area contributed by atoms with Gasteiger partial charge in [0.05, 0.1) is 6.61 Å². The number of halogens is 3. The van der Waals surface area contributed by atoms with Crippen LogP contribution in [0.15, 0.2) is 35.7 Å². The fourth-order valence-electron chi connectivity index (χ4n) is 2.62. The summed E-state index contributed by atoms with van der Waals surface area (Å²) in [5.41, 5.74) is 1.92.